The first-order chi connectivity index (χ1) is 11.9. The number of esters is 1. The van der Waals surface area contributed by atoms with E-state index in [0.717, 1.165) is 18.2 Å². The lowest BCUT2D eigenvalue weighted by Crippen LogP contribution is -2.28. The molecule has 3 N–H and O–H groups in total. The van der Waals surface area contributed by atoms with Crippen LogP contribution in [0.25, 0.3) is 10.9 Å². The van der Waals surface area contributed by atoms with Crippen LogP contribution >= 0.6 is 0 Å². The van der Waals surface area contributed by atoms with E-state index in [1.807, 2.05) is 0 Å². The molecule has 1 amide bonds. The van der Waals surface area contributed by atoms with Crippen molar-refractivity contribution < 1.29 is 27.5 Å². The van der Waals surface area contributed by atoms with Crippen molar-refractivity contribution in [1.82, 2.24) is 4.98 Å². The number of fused-ring (bicyclic) bond motifs is 1. The average molecular weight is 369 g/mol. The molecule has 0 atom stereocenters. The molecule has 9 heteroatoms. The number of alkyl halides is 3. The van der Waals surface area contributed by atoms with Crippen molar-refractivity contribution >= 4 is 28.5 Å². The summed E-state index contributed by atoms with van der Waals surface area (Å²) in [5.41, 5.74) is 3.76. The van der Waals surface area contributed by atoms with Gasteiger partial charge in [0.25, 0.3) is 5.91 Å². The van der Waals surface area contributed by atoms with Gasteiger partial charge in [-0.1, -0.05) is 0 Å². The van der Waals surface area contributed by atoms with Crippen LogP contribution in [0.2, 0.25) is 0 Å². The van der Waals surface area contributed by atoms with Crippen molar-refractivity contribution in [2.45, 2.75) is 32.5 Å². The van der Waals surface area contributed by atoms with Crippen LogP contribution in [0.5, 0.6) is 0 Å². The summed E-state index contributed by atoms with van der Waals surface area (Å²) in [6.45, 7) is 4.76. The Hall–Kier alpha value is -2.84. The van der Waals surface area contributed by atoms with Crippen molar-refractivity contribution in [2.75, 3.05) is 11.9 Å². The third-order valence-electron chi connectivity index (χ3n) is 3.23. The molecule has 0 saturated carbocycles. The Balaban J connectivity index is 2.43. The summed E-state index contributed by atoms with van der Waals surface area (Å²) in [7, 11) is 0. The van der Waals surface area contributed by atoms with Gasteiger partial charge >= 0.3 is 12.1 Å². The number of carbonyl (C=O) groups is 2. The van der Waals surface area contributed by atoms with Crippen molar-refractivity contribution in [1.29, 1.82) is 0 Å². The second kappa shape index (κ2) is 6.81. The van der Waals surface area contributed by atoms with Gasteiger partial charge in [0.2, 0.25) is 0 Å². The summed E-state index contributed by atoms with van der Waals surface area (Å²) in [6.07, 6.45) is -4.54. The molecule has 0 saturated heterocycles. The quantitative estimate of drug-likeness (QED) is 0.808. The van der Waals surface area contributed by atoms with Crippen LogP contribution in [0.1, 0.15) is 36.8 Å². The second-order valence-corrected chi connectivity index (χ2v) is 6.59. The van der Waals surface area contributed by atoms with E-state index in [-0.39, 0.29) is 28.8 Å². The first-order valence-corrected chi connectivity index (χ1v) is 7.64. The number of hydrogen-bond donors (Lipinski definition) is 2. The lowest BCUT2D eigenvalue weighted by atomic mass is 10.1. The molecule has 1 heterocycles. The molecule has 1 aromatic carbocycles. The zero-order chi connectivity index (χ0) is 19.7. The highest BCUT2D eigenvalue weighted by Gasteiger charge is 2.31. The Morgan fingerprint density at radius 2 is 1.85 bits per heavy atom. The first kappa shape index (κ1) is 19.5. The zero-order valence-electron chi connectivity index (χ0n) is 14.4. The fourth-order valence-electron chi connectivity index (χ4n) is 2.22. The summed E-state index contributed by atoms with van der Waals surface area (Å²) >= 11 is 0. The average Bonchev–Trinajstić information content (AvgIpc) is 2.49. The molecule has 0 aliphatic carbocycles. The summed E-state index contributed by atoms with van der Waals surface area (Å²) < 4.78 is 44.0. The predicted octanol–water partition coefficient (Wildman–Crippen LogP) is 3.11. The summed E-state index contributed by atoms with van der Waals surface area (Å²) in [5.74, 6) is -1.44. The molecule has 0 bridgehead atoms. The maximum absolute atomic E-state index is 13.0. The van der Waals surface area contributed by atoms with E-state index in [1.54, 1.807) is 20.8 Å². The molecule has 2 rings (SSSR count). The summed E-state index contributed by atoms with van der Waals surface area (Å²) in [4.78, 5) is 27.2. The van der Waals surface area contributed by atoms with Gasteiger partial charge in [-0.25, -0.2) is 4.98 Å². The number of nitrogens with one attached hydrogen (secondary N) is 1. The SMILES string of the molecule is CC(C)(C)OC(=O)CNc1cc(C(N)=O)nc2ccc(C(F)(F)F)cc12. The lowest BCUT2D eigenvalue weighted by molar-refractivity contribution is -0.152. The fraction of sp³-hybridized carbons (Fsp3) is 0.353. The first-order valence-electron chi connectivity index (χ1n) is 7.64. The number of ether oxygens (including phenoxy) is 1. The van der Waals surface area contributed by atoms with E-state index in [0.29, 0.717) is 0 Å². The maximum Gasteiger partial charge on any atom is 0.416 e. The number of nitrogens with two attached hydrogens (primary N) is 1. The topological polar surface area (TPSA) is 94.3 Å². The van der Waals surface area contributed by atoms with Crippen molar-refractivity contribution in [3.05, 3.63) is 35.5 Å². The Kier molecular flexibility index (Phi) is 5.11. The minimum atomic E-state index is -4.54. The number of pyridine rings is 1. The van der Waals surface area contributed by atoms with Gasteiger partial charge in [0.15, 0.2) is 0 Å². The number of nitrogens with zero attached hydrogens (tertiary/aromatic N) is 1. The van der Waals surface area contributed by atoms with Gasteiger partial charge in [0.1, 0.15) is 17.8 Å². The zero-order valence-corrected chi connectivity index (χ0v) is 14.4. The fourth-order valence-corrected chi connectivity index (χ4v) is 2.22. The third-order valence-corrected chi connectivity index (χ3v) is 3.23. The molecule has 0 spiro atoms. The minimum Gasteiger partial charge on any atom is -0.459 e. The molecule has 1 aromatic heterocycles. The Bertz CT molecular complexity index is 858. The third kappa shape index (κ3) is 4.84. The molecular formula is C17H18F3N3O3. The van der Waals surface area contributed by atoms with Crippen LogP contribution in [-0.4, -0.2) is 29.0 Å². The molecule has 0 unspecified atom stereocenters. The number of rotatable bonds is 4. The number of amides is 1. The highest BCUT2D eigenvalue weighted by atomic mass is 19.4. The smallest absolute Gasteiger partial charge is 0.416 e. The molecule has 0 aliphatic heterocycles. The molecule has 140 valence electrons. The molecule has 26 heavy (non-hydrogen) atoms. The number of hydrogen-bond acceptors (Lipinski definition) is 5. The Morgan fingerprint density at radius 3 is 2.38 bits per heavy atom. The van der Waals surface area contributed by atoms with Gasteiger partial charge in [-0.05, 0) is 45.0 Å². The van der Waals surface area contributed by atoms with Crippen molar-refractivity contribution in [3.63, 3.8) is 0 Å². The molecule has 6 nitrogen and oxygen atoms in total. The minimum absolute atomic E-state index is 0.105. The predicted molar refractivity (Wildman–Crippen MR) is 89.6 cm³/mol. The Labute approximate surface area is 147 Å². The van der Waals surface area contributed by atoms with E-state index in [1.165, 1.54) is 6.07 Å². The van der Waals surface area contributed by atoms with Crippen LogP contribution in [0.4, 0.5) is 18.9 Å². The van der Waals surface area contributed by atoms with E-state index < -0.39 is 29.2 Å². The van der Waals surface area contributed by atoms with Crippen molar-refractivity contribution in [2.24, 2.45) is 5.73 Å². The number of carbonyl (C=O) groups excluding carboxylic acids is 2. The van der Waals surface area contributed by atoms with E-state index in [9.17, 15) is 22.8 Å². The molecule has 0 fully saturated rings. The number of anilines is 1. The van der Waals surface area contributed by atoms with E-state index >= 15 is 0 Å². The second-order valence-electron chi connectivity index (χ2n) is 6.59. The van der Waals surface area contributed by atoms with Crippen LogP contribution in [-0.2, 0) is 15.7 Å². The molecule has 0 radical (unpaired) electrons. The van der Waals surface area contributed by atoms with Crippen LogP contribution in [0.3, 0.4) is 0 Å². The maximum atomic E-state index is 13.0. The monoisotopic (exact) mass is 369 g/mol. The normalized spacial score (nSPS) is 12.1. The van der Waals surface area contributed by atoms with Crippen molar-refractivity contribution in [3.8, 4) is 0 Å². The highest BCUT2D eigenvalue weighted by molar-refractivity contribution is 5.99. The molecule has 0 aliphatic rings. The van der Waals surface area contributed by atoms with E-state index in [4.69, 9.17) is 10.5 Å². The number of aromatic nitrogens is 1. The van der Waals surface area contributed by atoms with Gasteiger partial charge in [-0.15, -0.1) is 0 Å². The highest BCUT2D eigenvalue weighted by Crippen LogP contribution is 2.33. The molecular weight excluding hydrogens is 351 g/mol. The van der Waals surface area contributed by atoms with Crippen LogP contribution in [0.15, 0.2) is 24.3 Å². The van der Waals surface area contributed by atoms with Gasteiger partial charge in [0, 0.05) is 11.1 Å². The van der Waals surface area contributed by atoms with Gasteiger partial charge in [-0.2, -0.15) is 13.2 Å². The van der Waals surface area contributed by atoms with Crippen LogP contribution in [0, 0.1) is 0 Å². The van der Waals surface area contributed by atoms with Gasteiger partial charge in [0.05, 0.1) is 11.1 Å². The number of halogens is 3. The lowest BCUT2D eigenvalue weighted by Gasteiger charge is -2.20. The summed E-state index contributed by atoms with van der Waals surface area (Å²) in [6, 6.07) is 4.10. The summed E-state index contributed by atoms with van der Waals surface area (Å²) in [5, 5.41) is 2.80. The number of primary amides is 1. The van der Waals surface area contributed by atoms with E-state index in [2.05, 4.69) is 10.3 Å². The standard InChI is InChI=1S/C17H18F3N3O3/c1-16(2,3)26-14(24)8-22-12-7-13(15(21)25)23-11-5-4-9(6-10(11)12)17(18,19)20/h4-7H,8H2,1-3H3,(H2,21,25)(H,22,23). The van der Waals surface area contributed by atoms with Gasteiger partial charge < -0.3 is 15.8 Å². The largest absolute Gasteiger partial charge is 0.459 e. The molecule has 2 aromatic rings. The number of benzene rings is 1. The van der Waals surface area contributed by atoms with Crippen LogP contribution < -0.4 is 11.1 Å². The van der Waals surface area contributed by atoms with Gasteiger partial charge in [-0.3, -0.25) is 9.59 Å². The Morgan fingerprint density at radius 1 is 1.19 bits per heavy atom.